The number of hydrogen-bond acceptors (Lipinski definition) is 6. The topological polar surface area (TPSA) is 53.6 Å². The lowest BCUT2D eigenvalue weighted by Crippen LogP contribution is -2.32. The summed E-state index contributed by atoms with van der Waals surface area (Å²) in [7, 11) is 2.11. The van der Waals surface area contributed by atoms with E-state index >= 15 is 0 Å². The number of likely N-dealkylation sites (N-methyl/N-ethyl adjacent to an activating group) is 1. The second-order valence-corrected chi connectivity index (χ2v) is 9.89. The number of rotatable bonds is 6. The van der Waals surface area contributed by atoms with Gasteiger partial charge < -0.3 is 20.3 Å². The van der Waals surface area contributed by atoms with Gasteiger partial charge in [0.2, 0.25) is 0 Å². The molecular weight excluding hydrogens is 532 g/mol. The van der Waals surface area contributed by atoms with Crippen LogP contribution < -0.4 is 10.6 Å². The van der Waals surface area contributed by atoms with E-state index in [1.165, 1.54) is 6.07 Å². The molecular formula is C26H29F6N3O2S. The third-order valence-corrected chi connectivity index (χ3v) is 6.90. The van der Waals surface area contributed by atoms with Gasteiger partial charge in [0.05, 0.1) is 24.3 Å². The van der Waals surface area contributed by atoms with Crippen molar-refractivity contribution >= 4 is 29.8 Å². The molecule has 2 aliphatic heterocycles. The molecule has 0 aromatic heterocycles. The van der Waals surface area contributed by atoms with Gasteiger partial charge in [-0.1, -0.05) is 30.0 Å². The third kappa shape index (κ3) is 8.75. The van der Waals surface area contributed by atoms with Crippen LogP contribution in [0.25, 0.3) is 6.08 Å². The number of anilines is 1. The van der Waals surface area contributed by atoms with Crippen LogP contribution >= 0.6 is 11.8 Å². The van der Waals surface area contributed by atoms with Crippen LogP contribution in [0.3, 0.4) is 0 Å². The molecule has 0 bridgehead atoms. The van der Waals surface area contributed by atoms with Gasteiger partial charge in [0, 0.05) is 41.2 Å². The number of alkyl halides is 6. The highest BCUT2D eigenvalue weighted by Crippen LogP contribution is 2.48. The van der Waals surface area contributed by atoms with Crippen molar-refractivity contribution in [3.8, 4) is 0 Å². The van der Waals surface area contributed by atoms with E-state index in [1.807, 2.05) is 0 Å². The fraction of sp³-hybridized carbons (Fsp3) is 0.423. The minimum absolute atomic E-state index is 0.173. The first-order chi connectivity index (χ1) is 18.0. The summed E-state index contributed by atoms with van der Waals surface area (Å²) in [4.78, 5) is 12.5. The molecule has 0 aliphatic carbocycles. The molecule has 4 rings (SSSR count). The van der Waals surface area contributed by atoms with Crippen LogP contribution in [-0.2, 0) is 21.9 Å². The Labute approximate surface area is 221 Å². The number of nitrogens with zero attached hydrogens (tertiary/aromatic N) is 1. The number of carbonyl (C=O) groups excluding carboxylic acids is 1. The number of aldehydes is 1. The molecule has 2 saturated heterocycles. The fourth-order valence-electron chi connectivity index (χ4n) is 4.00. The summed E-state index contributed by atoms with van der Waals surface area (Å²) >= 11 is 0.607. The molecule has 2 N–H and O–H groups in total. The lowest BCUT2D eigenvalue weighted by molar-refractivity contribution is -0.163. The largest absolute Gasteiger partial charge is 0.418 e. The SMILES string of the molecule is CN1CCOCC1.O=C/C=C/c1ccc(Sc2cccc(NC3CCNC3)c2)c(C(F)(F)F)c1C(F)(F)F. The van der Waals surface area contributed by atoms with Gasteiger partial charge in [0.1, 0.15) is 6.29 Å². The molecule has 12 heteroatoms. The third-order valence-electron chi connectivity index (χ3n) is 5.85. The van der Waals surface area contributed by atoms with Crippen LogP contribution in [0.15, 0.2) is 52.3 Å². The van der Waals surface area contributed by atoms with Crippen molar-refractivity contribution in [3.05, 3.63) is 59.2 Å². The molecule has 2 heterocycles. The van der Waals surface area contributed by atoms with Gasteiger partial charge in [0.25, 0.3) is 0 Å². The van der Waals surface area contributed by atoms with Crippen LogP contribution in [0.5, 0.6) is 0 Å². The van der Waals surface area contributed by atoms with Gasteiger partial charge in [-0.2, -0.15) is 26.3 Å². The molecule has 2 aliphatic rings. The summed E-state index contributed by atoms with van der Waals surface area (Å²) < 4.78 is 87.3. The van der Waals surface area contributed by atoms with E-state index in [0.717, 1.165) is 70.1 Å². The minimum atomic E-state index is -5.26. The van der Waals surface area contributed by atoms with Crippen molar-refractivity contribution in [2.75, 3.05) is 51.8 Å². The number of morpholine rings is 1. The summed E-state index contributed by atoms with van der Waals surface area (Å²) in [6.45, 7) is 5.62. The van der Waals surface area contributed by atoms with Crippen molar-refractivity contribution in [1.29, 1.82) is 0 Å². The van der Waals surface area contributed by atoms with Crippen molar-refractivity contribution in [1.82, 2.24) is 10.2 Å². The molecule has 0 amide bonds. The highest BCUT2D eigenvalue weighted by Gasteiger charge is 2.46. The van der Waals surface area contributed by atoms with Crippen molar-refractivity contribution in [2.24, 2.45) is 0 Å². The molecule has 1 atom stereocenters. The Bertz CT molecular complexity index is 1100. The van der Waals surface area contributed by atoms with Gasteiger partial charge in [-0.15, -0.1) is 0 Å². The molecule has 2 aromatic carbocycles. The average molecular weight is 562 g/mol. The van der Waals surface area contributed by atoms with E-state index < -0.39 is 33.9 Å². The van der Waals surface area contributed by atoms with E-state index in [-0.39, 0.29) is 12.3 Å². The highest BCUT2D eigenvalue weighted by molar-refractivity contribution is 7.99. The zero-order valence-corrected chi connectivity index (χ0v) is 21.5. The summed E-state index contributed by atoms with van der Waals surface area (Å²) in [5.74, 6) is 0. The molecule has 5 nitrogen and oxygen atoms in total. The Kier molecular flexibility index (Phi) is 10.7. The van der Waals surface area contributed by atoms with Crippen LogP contribution in [0.1, 0.15) is 23.1 Å². The lowest BCUT2D eigenvalue weighted by atomic mass is 9.99. The van der Waals surface area contributed by atoms with Gasteiger partial charge in [-0.3, -0.25) is 4.79 Å². The highest BCUT2D eigenvalue weighted by atomic mass is 32.2. The number of ether oxygens (including phenoxy) is 1. The summed E-state index contributed by atoms with van der Waals surface area (Å²) in [6, 6.07) is 8.63. The summed E-state index contributed by atoms with van der Waals surface area (Å²) in [6.07, 6.45) is -7.97. The predicted molar refractivity (Wildman–Crippen MR) is 135 cm³/mol. The van der Waals surface area contributed by atoms with Gasteiger partial charge >= 0.3 is 12.4 Å². The smallest absolute Gasteiger partial charge is 0.381 e. The Balaban J connectivity index is 0.000000494. The Morgan fingerprint density at radius 3 is 2.32 bits per heavy atom. The molecule has 0 radical (unpaired) electrons. The Hall–Kier alpha value is -2.54. The standard InChI is InChI=1S/C21H18F6N2OS.C5H11NO/c22-20(23,24)18-13(3-2-10-30)6-7-17(19(18)21(25,26)27)31-16-5-1-4-14(11-16)29-15-8-9-28-12-15;1-6-2-4-7-5-3-6/h1-7,10-11,15,28-29H,8-9,12H2;2-5H2,1H3/b3-2+;. The summed E-state index contributed by atoms with van der Waals surface area (Å²) in [5.41, 5.74) is -3.62. The number of benzene rings is 2. The maximum Gasteiger partial charge on any atom is 0.418 e. The van der Waals surface area contributed by atoms with E-state index in [0.29, 0.717) is 22.3 Å². The summed E-state index contributed by atoms with van der Waals surface area (Å²) in [5, 5.41) is 6.44. The van der Waals surface area contributed by atoms with Gasteiger partial charge in [-0.05, 0) is 55.9 Å². The molecule has 2 fully saturated rings. The fourth-order valence-corrected chi connectivity index (χ4v) is 5.04. The van der Waals surface area contributed by atoms with E-state index in [9.17, 15) is 31.1 Å². The maximum atomic E-state index is 13.8. The van der Waals surface area contributed by atoms with E-state index in [1.54, 1.807) is 18.2 Å². The lowest BCUT2D eigenvalue weighted by Gasteiger charge is -2.21. The zero-order chi connectivity index (χ0) is 27.8. The first-order valence-electron chi connectivity index (χ1n) is 11.9. The zero-order valence-electron chi connectivity index (χ0n) is 20.7. The average Bonchev–Trinajstić information content (AvgIpc) is 3.36. The second-order valence-electron chi connectivity index (χ2n) is 8.77. The quantitative estimate of drug-likeness (QED) is 0.264. The predicted octanol–water partition coefficient (Wildman–Crippen LogP) is 5.81. The first kappa shape index (κ1) is 30.0. The Morgan fingerprint density at radius 2 is 1.76 bits per heavy atom. The van der Waals surface area contributed by atoms with Crippen LogP contribution in [-0.4, -0.2) is 63.7 Å². The van der Waals surface area contributed by atoms with E-state index in [2.05, 4.69) is 22.6 Å². The maximum absolute atomic E-state index is 13.8. The molecule has 208 valence electrons. The van der Waals surface area contributed by atoms with Crippen molar-refractivity contribution < 1.29 is 35.9 Å². The number of nitrogens with one attached hydrogen (secondary N) is 2. The van der Waals surface area contributed by atoms with Crippen LogP contribution in [0.4, 0.5) is 32.0 Å². The first-order valence-corrected chi connectivity index (χ1v) is 12.8. The Morgan fingerprint density at radius 1 is 1.05 bits per heavy atom. The van der Waals surface area contributed by atoms with Gasteiger partial charge in [0.15, 0.2) is 0 Å². The minimum Gasteiger partial charge on any atom is -0.381 e. The normalized spacial score (nSPS) is 18.8. The number of allylic oxidation sites excluding steroid dienone is 1. The van der Waals surface area contributed by atoms with E-state index in [4.69, 9.17) is 4.74 Å². The molecule has 0 spiro atoms. The van der Waals surface area contributed by atoms with Crippen LogP contribution in [0, 0.1) is 0 Å². The number of hydrogen-bond donors (Lipinski definition) is 2. The van der Waals surface area contributed by atoms with Crippen molar-refractivity contribution in [3.63, 3.8) is 0 Å². The molecule has 1 unspecified atom stereocenters. The number of halogens is 6. The second kappa shape index (κ2) is 13.5. The molecule has 38 heavy (non-hydrogen) atoms. The molecule has 2 aromatic rings. The van der Waals surface area contributed by atoms with Crippen LogP contribution in [0.2, 0.25) is 0 Å². The van der Waals surface area contributed by atoms with Crippen molar-refractivity contribution in [2.45, 2.75) is 34.6 Å². The number of carbonyl (C=O) groups is 1. The molecule has 0 saturated carbocycles. The monoisotopic (exact) mass is 561 g/mol. The van der Waals surface area contributed by atoms with Gasteiger partial charge in [-0.25, -0.2) is 0 Å².